The van der Waals surface area contributed by atoms with Crippen molar-refractivity contribution >= 4 is 29.0 Å². The van der Waals surface area contributed by atoms with Crippen molar-refractivity contribution in [2.75, 3.05) is 12.8 Å². The minimum Gasteiger partial charge on any atom is -0.341 e. The van der Waals surface area contributed by atoms with Crippen LogP contribution in [0.15, 0.2) is 46.9 Å². The van der Waals surface area contributed by atoms with Gasteiger partial charge in [0.2, 0.25) is 11.1 Å². The lowest BCUT2D eigenvalue weighted by molar-refractivity contribution is -0.127. The second-order valence-corrected chi connectivity index (χ2v) is 7.43. The Bertz CT molecular complexity index is 835. The van der Waals surface area contributed by atoms with E-state index in [9.17, 15) is 9.18 Å². The topological polar surface area (TPSA) is 61.9 Å². The van der Waals surface area contributed by atoms with Crippen molar-refractivity contribution < 1.29 is 9.18 Å². The fraction of sp³-hybridized carbons (Fsp3) is 0.235. The monoisotopic (exact) mass is 376 g/mol. The number of halogens is 1. The Morgan fingerprint density at radius 1 is 1.32 bits per heavy atom. The highest BCUT2D eigenvalue weighted by molar-refractivity contribution is 7.99. The minimum absolute atomic E-state index is 0.0992. The highest BCUT2D eigenvalue weighted by Gasteiger charge is 2.14. The number of carbonyl (C=O) groups excluding carboxylic acids is 1. The molecule has 0 saturated heterocycles. The zero-order valence-corrected chi connectivity index (χ0v) is 15.2. The largest absolute Gasteiger partial charge is 0.341 e. The van der Waals surface area contributed by atoms with Gasteiger partial charge in [0.1, 0.15) is 11.6 Å². The average Bonchev–Trinajstić information content (AvgIpc) is 3.27. The van der Waals surface area contributed by atoms with Gasteiger partial charge >= 0.3 is 0 Å². The third kappa shape index (κ3) is 4.90. The van der Waals surface area contributed by atoms with Crippen LogP contribution in [-0.2, 0) is 17.8 Å². The molecule has 1 amide bonds. The first kappa shape index (κ1) is 17.6. The molecule has 0 aliphatic carbocycles. The zero-order valence-electron chi connectivity index (χ0n) is 13.6. The molecule has 3 rings (SSSR count). The standard InChI is InChI=1S/C17H17FN4OS2/c1-22(10-12-5-2-3-7-14(12)18)16(23)11-25-17-19-15(20-21-17)9-13-6-4-8-24-13/h2-8H,9-11H2,1H3,(H,19,20,21). The van der Waals surface area contributed by atoms with Crippen LogP contribution < -0.4 is 0 Å². The summed E-state index contributed by atoms with van der Waals surface area (Å²) in [7, 11) is 1.66. The number of aromatic nitrogens is 3. The number of hydrogen-bond acceptors (Lipinski definition) is 5. The molecule has 5 nitrogen and oxygen atoms in total. The SMILES string of the molecule is CN(Cc1ccccc1F)C(=O)CSc1n[nH]c(Cc2cccs2)n1. The van der Waals surface area contributed by atoms with Gasteiger partial charge in [-0.2, -0.15) is 0 Å². The quantitative estimate of drug-likeness (QED) is 0.643. The molecule has 8 heteroatoms. The van der Waals surface area contributed by atoms with Gasteiger partial charge in [-0.05, 0) is 17.5 Å². The molecule has 0 unspecified atom stereocenters. The first-order chi connectivity index (χ1) is 12.1. The molecule has 3 aromatic rings. The zero-order chi connectivity index (χ0) is 17.6. The molecule has 25 heavy (non-hydrogen) atoms. The molecule has 130 valence electrons. The number of carbonyl (C=O) groups is 1. The maximum Gasteiger partial charge on any atom is 0.233 e. The molecule has 0 fully saturated rings. The molecule has 0 aliphatic rings. The Kier molecular flexibility index (Phi) is 5.83. The Hall–Kier alpha value is -2.19. The van der Waals surface area contributed by atoms with Crippen molar-refractivity contribution in [2.45, 2.75) is 18.1 Å². The Morgan fingerprint density at radius 2 is 2.16 bits per heavy atom. The fourth-order valence-electron chi connectivity index (χ4n) is 2.21. The number of thioether (sulfide) groups is 1. The molecule has 2 aromatic heterocycles. The lowest BCUT2D eigenvalue weighted by Crippen LogP contribution is -2.28. The van der Waals surface area contributed by atoms with Crippen LogP contribution >= 0.6 is 23.1 Å². The summed E-state index contributed by atoms with van der Waals surface area (Å²) in [5.74, 6) is 0.582. The Labute approximate surface area is 153 Å². The van der Waals surface area contributed by atoms with Crippen molar-refractivity contribution in [3.8, 4) is 0 Å². The van der Waals surface area contributed by atoms with Gasteiger partial charge in [-0.1, -0.05) is 36.0 Å². The van der Waals surface area contributed by atoms with Gasteiger partial charge in [0.05, 0.1) is 5.75 Å². The molecule has 0 spiro atoms. The lowest BCUT2D eigenvalue weighted by atomic mass is 10.2. The molecule has 1 aromatic carbocycles. The van der Waals surface area contributed by atoms with E-state index in [1.165, 1.54) is 27.6 Å². The van der Waals surface area contributed by atoms with Gasteiger partial charge in [-0.15, -0.1) is 16.4 Å². The number of rotatable bonds is 7. The van der Waals surface area contributed by atoms with Gasteiger partial charge in [-0.3, -0.25) is 9.89 Å². The van der Waals surface area contributed by atoms with Crippen LogP contribution in [0.3, 0.4) is 0 Å². The average molecular weight is 376 g/mol. The smallest absolute Gasteiger partial charge is 0.233 e. The predicted octanol–water partition coefficient (Wildman–Crippen LogP) is 3.35. The number of thiophene rings is 1. The number of nitrogens with one attached hydrogen (secondary N) is 1. The van der Waals surface area contributed by atoms with E-state index in [-0.39, 0.29) is 24.0 Å². The minimum atomic E-state index is -0.304. The molecule has 0 radical (unpaired) electrons. The lowest BCUT2D eigenvalue weighted by Gasteiger charge is -2.17. The first-order valence-corrected chi connectivity index (χ1v) is 9.52. The molecule has 0 saturated carbocycles. The van der Waals surface area contributed by atoms with E-state index in [1.807, 2.05) is 17.5 Å². The van der Waals surface area contributed by atoms with Crippen LogP contribution in [0.1, 0.15) is 16.3 Å². The number of nitrogens with zero attached hydrogens (tertiary/aromatic N) is 3. The summed E-state index contributed by atoms with van der Waals surface area (Å²) in [6, 6.07) is 10.5. The summed E-state index contributed by atoms with van der Waals surface area (Å²) in [6.07, 6.45) is 0.701. The third-order valence-electron chi connectivity index (χ3n) is 3.55. The third-order valence-corrected chi connectivity index (χ3v) is 5.26. The van der Waals surface area contributed by atoms with Crippen molar-refractivity contribution in [3.05, 3.63) is 63.9 Å². The summed E-state index contributed by atoms with van der Waals surface area (Å²) in [4.78, 5) is 19.3. The van der Waals surface area contributed by atoms with E-state index in [2.05, 4.69) is 15.2 Å². The van der Waals surface area contributed by atoms with Crippen LogP contribution in [0, 0.1) is 5.82 Å². The predicted molar refractivity (Wildman–Crippen MR) is 97.1 cm³/mol. The number of aromatic amines is 1. The number of amides is 1. The van der Waals surface area contributed by atoms with Crippen molar-refractivity contribution in [1.29, 1.82) is 0 Å². The number of benzene rings is 1. The van der Waals surface area contributed by atoms with E-state index in [0.717, 1.165) is 5.82 Å². The second kappa shape index (κ2) is 8.26. The highest BCUT2D eigenvalue weighted by Crippen LogP contribution is 2.17. The molecule has 0 bridgehead atoms. The number of H-pyrrole nitrogens is 1. The summed E-state index contributed by atoms with van der Waals surface area (Å²) >= 11 is 2.94. The van der Waals surface area contributed by atoms with Crippen LogP contribution in [0.2, 0.25) is 0 Å². The van der Waals surface area contributed by atoms with Gasteiger partial charge in [0, 0.05) is 30.5 Å². The first-order valence-electron chi connectivity index (χ1n) is 7.65. The highest BCUT2D eigenvalue weighted by atomic mass is 32.2. The van der Waals surface area contributed by atoms with Crippen LogP contribution in [0.5, 0.6) is 0 Å². The van der Waals surface area contributed by atoms with Crippen molar-refractivity contribution in [1.82, 2.24) is 20.1 Å². The molecule has 0 atom stereocenters. The van der Waals surface area contributed by atoms with Gasteiger partial charge in [0.15, 0.2) is 0 Å². The Morgan fingerprint density at radius 3 is 2.92 bits per heavy atom. The summed E-state index contributed by atoms with van der Waals surface area (Å²) in [5.41, 5.74) is 0.500. The molecular weight excluding hydrogens is 359 g/mol. The number of hydrogen-bond donors (Lipinski definition) is 1. The molecule has 2 heterocycles. The van der Waals surface area contributed by atoms with E-state index >= 15 is 0 Å². The molecule has 1 N–H and O–H groups in total. The van der Waals surface area contributed by atoms with Crippen molar-refractivity contribution in [2.24, 2.45) is 0 Å². The van der Waals surface area contributed by atoms with E-state index in [1.54, 1.807) is 36.6 Å². The molecular formula is C17H17FN4OS2. The Balaban J connectivity index is 1.50. The fourth-order valence-corrected chi connectivity index (χ4v) is 3.67. The maximum absolute atomic E-state index is 13.7. The van der Waals surface area contributed by atoms with Crippen LogP contribution in [0.4, 0.5) is 4.39 Å². The normalized spacial score (nSPS) is 10.8. The van der Waals surface area contributed by atoms with Gasteiger partial charge in [-0.25, -0.2) is 9.37 Å². The summed E-state index contributed by atoms with van der Waals surface area (Å²) < 4.78 is 13.7. The van der Waals surface area contributed by atoms with Crippen LogP contribution in [-0.4, -0.2) is 38.8 Å². The maximum atomic E-state index is 13.7. The van der Waals surface area contributed by atoms with Crippen LogP contribution in [0.25, 0.3) is 0 Å². The second-order valence-electron chi connectivity index (χ2n) is 5.45. The van der Waals surface area contributed by atoms with Gasteiger partial charge < -0.3 is 4.90 Å². The summed E-state index contributed by atoms with van der Waals surface area (Å²) in [6.45, 7) is 0.240. The molecule has 0 aliphatic heterocycles. The van der Waals surface area contributed by atoms with Crippen molar-refractivity contribution in [3.63, 3.8) is 0 Å². The van der Waals surface area contributed by atoms with E-state index < -0.39 is 0 Å². The van der Waals surface area contributed by atoms with E-state index in [4.69, 9.17) is 0 Å². The van der Waals surface area contributed by atoms with Gasteiger partial charge in [0.25, 0.3) is 0 Å². The van der Waals surface area contributed by atoms with E-state index in [0.29, 0.717) is 17.1 Å². The summed E-state index contributed by atoms with van der Waals surface area (Å²) in [5, 5.41) is 9.58.